The van der Waals surface area contributed by atoms with Crippen molar-refractivity contribution >= 4 is 10.1 Å². The molecule has 1 fully saturated rings. The van der Waals surface area contributed by atoms with E-state index in [9.17, 15) is 12.8 Å². The fraction of sp³-hybridized carbons (Fsp3) is 0.600. The largest absolute Gasteiger partial charge is 0.336 e. The summed E-state index contributed by atoms with van der Waals surface area (Å²) in [5.74, 6) is -1.04. The maximum Gasteiger partial charge on any atom is 0.264 e. The molecule has 1 heterocycles. The first-order chi connectivity index (χ1) is 20.2. The molecule has 5 nitrogen and oxygen atoms in total. The second kappa shape index (κ2) is 20.0. The zero-order valence-corrected chi connectivity index (χ0v) is 26.6. The van der Waals surface area contributed by atoms with E-state index in [0.717, 1.165) is 55.9 Å². The van der Waals surface area contributed by atoms with Crippen LogP contribution in [0, 0.1) is 5.82 Å². The van der Waals surface area contributed by atoms with Gasteiger partial charge in [-0.3, -0.25) is 4.18 Å². The van der Waals surface area contributed by atoms with Crippen LogP contribution in [0.15, 0.2) is 68.3 Å². The predicted molar refractivity (Wildman–Crippen MR) is 171 cm³/mol. The van der Waals surface area contributed by atoms with Gasteiger partial charge < -0.3 is 9.47 Å². The van der Waals surface area contributed by atoms with Gasteiger partial charge in [0.15, 0.2) is 5.79 Å². The second-order valence-corrected chi connectivity index (χ2v) is 13.0. The smallest absolute Gasteiger partial charge is 0.264 e. The maximum absolute atomic E-state index is 13.7. The number of hydrogen-bond acceptors (Lipinski definition) is 5. The van der Waals surface area contributed by atoms with Crippen molar-refractivity contribution in [1.82, 2.24) is 0 Å². The van der Waals surface area contributed by atoms with Gasteiger partial charge >= 0.3 is 0 Å². The van der Waals surface area contributed by atoms with E-state index < -0.39 is 15.9 Å². The molecule has 0 unspecified atom stereocenters. The average molecular weight is 605 g/mol. The summed E-state index contributed by atoms with van der Waals surface area (Å²) in [6.45, 7) is 11.9. The number of benzene rings is 1. The predicted octanol–water partition coefficient (Wildman–Crippen LogP) is 8.94. The summed E-state index contributed by atoms with van der Waals surface area (Å²) in [5.41, 5.74) is 2.01. The number of halogens is 1. The Labute approximate surface area is 255 Å². The Bertz CT molecular complexity index is 1060. The van der Waals surface area contributed by atoms with Crippen LogP contribution in [0.1, 0.15) is 101 Å². The first-order valence-electron chi connectivity index (χ1n) is 15.7. The van der Waals surface area contributed by atoms with Crippen molar-refractivity contribution in [3.8, 4) is 0 Å². The molecule has 0 aromatic heterocycles. The molecule has 1 aromatic carbocycles. The molecule has 2 atom stereocenters. The SMILES string of the molecule is C=CCc1cc(F)ccc1C/C=C/C1(CCCCCCCCCCCCCCCOS(C)(=O)=O)O[C@H](C=C)[C@@H](C=C)O1. The van der Waals surface area contributed by atoms with Gasteiger partial charge in [0, 0.05) is 6.42 Å². The van der Waals surface area contributed by atoms with Crippen LogP contribution >= 0.6 is 0 Å². The zero-order chi connectivity index (χ0) is 30.7. The minimum atomic E-state index is -3.30. The van der Waals surface area contributed by atoms with Gasteiger partial charge in [-0.15, -0.1) is 19.7 Å². The van der Waals surface area contributed by atoms with Crippen molar-refractivity contribution in [2.45, 2.75) is 121 Å². The number of allylic oxidation sites excluding steroid dienone is 2. The molecule has 0 N–H and O–H groups in total. The minimum Gasteiger partial charge on any atom is -0.336 e. The van der Waals surface area contributed by atoms with E-state index >= 15 is 0 Å². The Kier molecular flexibility index (Phi) is 17.2. The van der Waals surface area contributed by atoms with Crippen molar-refractivity contribution in [2.75, 3.05) is 12.9 Å². The second-order valence-electron chi connectivity index (χ2n) is 11.3. The summed E-state index contributed by atoms with van der Waals surface area (Å²) in [6, 6.07) is 4.92. The Hall–Kier alpha value is -2.06. The number of unbranched alkanes of at least 4 members (excludes halogenated alkanes) is 12. The van der Waals surface area contributed by atoms with Crippen LogP contribution in [0.4, 0.5) is 4.39 Å². The van der Waals surface area contributed by atoms with Crippen molar-refractivity contribution in [2.24, 2.45) is 0 Å². The fourth-order valence-corrected chi connectivity index (χ4v) is 5.82. The van der Waals surface area contributed by atoms with Crippen molar-refractivity contribution < 1.29 is 26.5 Å². The normalized spacial score (nSPS) is 18.4. The van der Waals surface area contributed by atoms with Crippen LogP contribution in [0.25, 0.3) is 0 Å². The van der Waals surface area contributed by atoms with Crippen LogP contribution in [-0.4, -0.2) is 39.3 Å². The van der Waals surface area contributed by atoms with Crippen LogP contribution in [0.3, 0.4) is 0 Å². The minimum absolute atomic E-state index is 0.232. The van der Waals surface area contributed by atoms with Gasteiger partial charge in [-0.25, -0.2) is 4.39 Å². The first-order valence-corrected chi connectivity index (χ1v) is 17.5. The van der Waals surface area contributed by atoms with Gasteiger partial charge in [0.2, 0.25) is 0 Å². The van der Waals surface area contributed by atoms with E-state index in [1.165, 1.54) is 57.4 Å². The lowest BCUT2D eigenvalue weighted by Gasteiger charge is -2.25. The van der Waals surface area contributed by atoms with Crippen molar-refractivity contribution in [1.29, 1.82) is 0 Å². The van der Waals surface area contributed by atoms with Gasteiger partial charge in [-0.1, -0.05) is 101 Å². The third kappa shape index (κ3) is 14.4. The molecule has 1 aliphatic heterocycles. The summed E-state index contributed by atoms with van der Waals surface area (Å²) in [5, 5.41) is 0. The molecule has 0 spiro atoms. The Morgan fingerprint density at radius 2 is 1.33 bits per heavy atom. The number of ether oxygens (including phenoxy) is 2. The molecule has 0 radical (unpaired) electrons. The molecule has 0 saturated carbocycles. The molecular formula is C35H53FO5S. The molecule has 1 saturated heterocycles. The molecule has 1 aromatic rings. The highest BCUT2D eigenvalue weighted by atomic mass is 32.2. The molecular weight excluding hydrogens is 551 g/mol. The van der Waals surface area contributed by atoms with E-state index in [1.807, 2.05) is 12.1 Å². The molecule has 42 heavy (non-hydrogen) atoms. The van der Waals surface area contributed by atoms with Crippen LogP contribution in [-0.2, 0) is 36.6 Å². The Morgan fingerprint density at radius 3 is 1.83 bits per heavy atom. The standard InChI is InChI=1S/C35H53FO5S/c1-5-22-31-29-32(36)25-24-30(31)23-21-27-35(40-33(6-2)34(7-3)41-35)26-19-17-15-13-11-9-8-10-12-14-16-18-20-28-39-42(4,37)38/h5-7,21,24-25,27,29,33-34H,1-3,8-20,22-23,26,28H2,4H3/b27-21+/t33-,34-/m1/s1. The number of rotatable bonds is 24. The fourth-order valence-electron chi connectivity index (χ4n) is 5.40. The zero-order valence-electron chi connectivity index (χ0n) is 25.7. The van der Waals surface area contributed by atoms with Gasteiger partial charge in [-0.05, 0) is 55.0 Å². The van der Waals surface area contributed by atoms with E-state index in [4.69, 9.17) is 13.7 Å². The molecule has 0 aliphatic carbocycles. The van der Waals surface area contributed by atoms with Crippen LogP contribution in [0.2, 0.25) is 0 Å². The van der Waals surface area contributed by atoms with Gasteiger partial charge in [0.25, 0.3) is 10.1 Å². The summed E-state index contributed by atoms with van der Waals surface area (Å²) in [7, 11) is -3.30. The van der Waals surface area contributed by atoms with Crippen molar-refractivity contribution in [3.05, 3.63) is 85.3 Å². The third-order valence-corrected chi connectivity index (χ3v) is 8.26. The van der Waals surface area contributed by atoms with E-state index in [2.05, 4.69) is 25.8 Å². The monoisotopic (exact) mass is 604 g/mol. The quantitative estimate of drug-likeness (QED) is 0.0670. The third-order valence-electron chi connectivity index (χ3n) is 7.67. The molecule has 2 rings (SSSR count). The lowest BCUT2D eigenvalue weighted by Crippen LogP contribution is -2.28. The topological polar surface area (TPSA) is 61.8 Å². The van der Waals surface area contributed by atoms with E-state index in [0.29, 0.717) is 19.4 Å². The van der Waals surface area contributed by atoms with Crippen LogP contribution in [0.5, 0.6) is 0 Å². The summed E-state index contributed by atoms with van der Waals surface area (Å²) in [6.07, 6.45) is 27.2. The highest BCUT2D eigenvalue weighted by Gasteiger charge is 2.43. The van der Waals surface area contributed by atoms with Gasteiger partial charge in [0.1, 0.15) is 18.0 Å². The Balaban J connectivity index is 1.66. The van der Waals surface area contributed by atoms with Gasteiger partial charge in [0.05, 0.1) is 12.9 Å². The first kappa shape index (κ1) is 36.1. The highest BCUT2D eigenvalue weighted by Crippen LogP contribution is 2.36. The average Bonchev–Trinajstić information content (AvgIpc) is 3.31. The van der Waals surface area contributed by atoms with E-state index in [1.54, 1.807) is 24.3 Å². The lowest BCUT2D eigenvalue weighted by molar-refractivity contribution is -0.135. The molecule has 0 bridgehead atoms. The van der Waals surface area contributed by atoms with Gasteiger partial charge in [-0.2, -0.15) is 8.42 Å². The molecule has 7 heteroatoms. The highest BCUT2D eigenvalue weighted by molar-refractivity contribution is 7.85. The van der Waals surface area contributed by atoms with E-state index in [-0.39, 0.29) is 18.0 Å². The van der Waals surface area contributed by atoms with Crippen LogP contribution < -0.4 is 0 Å². The molecule has 1 aliphatic rings. The summed E-state index contributed by atoms with van der Waals surface area (Å²) >= 11 is 0. The number of hydrogen-bond donors (Lipinski definition) is 0. The summed E-state index contributed by atoms with van der Waals surface area (Å²) in [4.78, 5) is 0. The Morgan fingerprint density at radius 1 is 0.810 bits per heavy atom. The molecule has 0 amide bonds. The van der Waals surface area contributed by atoms with Crippen molar-refractivity contribution in [3.63, 3.8) is 0 Å². The maximum atomic E-state index is 13.7. The summed E-state index contributed by atoms with van der Waals surface area (Å²) < 4.78 is 53.1. The lowest BCUT2D eigenvalue weighted by atomic mass is 9.99. The molecule has 236 valence electrons.